The zero-order chi connectivity index (χ0) is 16.0. The van der Waals surface area contributed by atoms with Gasteiger partial charge in [0.15, 0.2) is 0 Å². The fourth-order valence-electron chi connectivity index (χ4n) is 3.16. The second-order valence-electron chi connectivity index (χ2n) is 7.28. The Bertz CT molecular complexity index is 364. The van der Waals surface area contributed by atoms with Crippen LogP contribution in [0.15, 0.2) is 24.3 Å². The molecule has 0 atom stereocenters. The fourth-order valence-corrected chi connectivity index (χ4v) is 3.16. The Hall–Kier alpha value is -0.780. The van der Waals surface area contributed by atoms with E-state index >= 15 is 0 Å². The van der Waals surface area contributed by atoms with Crippen LogP contribution in [0.5, 0.6) is 0 Å². The Labute approximate surface area is 139 Å². The summed E-state index contributed by atoms with van der Waals surface area (Å²) in [5.74, 6) is 0.882. The first-order valence-electron chi connectivity index (χ1n) is 9.80. The van der Waals surface area contributed by atoms with Gasteiger partial charge in [0.25, 0.3) is 0 Å². The van der Waals surface area contributed by atoms with Gasteiger partial charge in [-0.25, -0.2) is 0 Å². The molecule has 22 heavy (non-hydrogen) atoms. The molecule has 0 nitrogen and oxygen atoms in total. The number of hydrogen-bond donors (Lipinski definition) is 0. The van der Waals surface area contributed by atoms with Crippen molar-refractivity contribution < 1.29 is 0 Å². The van der Waals surface area contributed by atoms with Gasteiger partial charge in [-0.1, -0.05) is 96.4 Å². The molecular weight excluding hydrogens is 264 g/mol. The van der Waals surface area contributed by atoms with Crippen LogP contribution in [-0.4, -0.2) is 0 Å². The van der Waals surface area contributed by atoms with Gasteiger partial charge < -0.3 is 0 Å². The molecule has 0 bridgehead atoms. The van der Waals surface area contributed by atoms with E-state index in [4.69, 9.17) is 0 Å². The molecule has 0 aliphatic heterocycles. The van der Waals surface area contributed by atoms with Crippen LogP contribution in [0.2, 0.25) is 0 Å². The minimum Gasteiger partial charge on any atom is -0.0654 e. The first kappa shape index (κ1) is 19.3. The van der Waals surface area contributed by atoms with Crippen LogP contribution in [0, 0.1) is 5.92 Å². The number of rotatable bonds is 13. The Morgan fingerprint density at radius 2 is 1.18 bits per heavy atom. The average molecular weight is 303 g/mol. The van der Waals surface area contributed by atoms with Crippen LogP contribution in [0.3, 0.4) is 0 Å². The van der Waals surface area contributed by atoms with Gasteiger partial charge >= 0.3 is 0 Å². The number of unbranched alkanes of at least 4 members (excludes halogenated alkanes) is 7. The normalized spacial score (nSPS) is 11.3. The summed E-state index contributed by atoms with van der Waals surface area (Å²) in [6.07, 6.45) is 16.6. The molecule has 126 valence electrons. The lowest BCUT2D eigenvalue weighted by Crippen LogP contribution is -1.95. The van der Waals surface area contributed by atoms with Gasteiger partial charge in [-0.2, -0.15) is 0 Å². The van der Waals surface area contributed by atoms with Crippen LogP contribution >= 0.6 is 0 Å². The maximum atomic E-state index is 2.34. The number of benzene rings is 1. The molecule has 0 fully saturated rings. The minimum atomic E-state index is 0.882. The SMILES string of the molecule is CCCCc1ccccc1CCCCCCCCCC(C)C. The van der Waals surface area contributed by atoms with E-state index in [1.165, 1.54) is 77.0 Å². The van der Waals surface area contributed by atoms with Crippen molar-refractivity contribution in [3.8, 4) is 0 Å². The first-order valence-corrected chi connectivity index (χ1v) is 9.80. The molecule has 1 rings (SSSR count). The first-order chi connectivity index (χ1) is 10.7. The minimum absolute atomic E-state index is 0.882. The van der Waals surface area contributed by atoms with Crippen molar-refractivity contribution in [1.29, 1.82) is 0 Å². The molecule has 0 amide bonds. The summed E-state index contributed by atoms with van der Waals surface area (Å²) < 4.78 is 0. The van der Waals surface area contributed by atoms with Crippen LogP contribution in [0.4, 0.5) is 0 Å². The quantitative estimate of drug-likeness (QED) is 0.334. The monoisotopic (exact) mass is 302 g/mol. The standard InChI is InChI=1S/C22H38/c1-4-5-16-21-18-13-14-19-22(21)17-12-10-8-6-7-9-11-15-20(2)3/h13-14,18-20H,4-12,15-17H2,1-3H3. The third-order valence-corrected chi connectivity index (χ3v) is 4.65. The second kappa shape index (κ2) is 12.7. The summed E-state index contributed by atoms with van der Waals surface area (Å²) in [4.78, 5) is 0. The third kappa shape index (κ3) is 9.28. The summed E-state index contributed by atoms with van der Waals surface area (Å²) in [6, 6.07) is 9.09. The van der Waals surface area contributed by atoms with Crippen LogP contribution in [-0.2, 0) is 12.8 Å². The predicted octanol–water partition coefficient (Wildman–Crippen LogP) is 7.35. The number of aryl methyl sites for hydroxylation is 2. The molecule has 0 saturated heterocycles. The smallest absolute Gasteiger partial charge is 0.0276 e. The lowest BCUT2D eigenvalue weighted by atomic mass is 9.97. The van der Waals surface area contributed by atoms with E-state index < -0.39 is 0 Å². The molecule has 0 aliphatic carbocycles. The molecule has 0 aliphatic rings. The average Bonchev–Trinajstić information content (AvgIpc) is 2.52. The van der Waals surface area contributed by atoms with E-state index in [0.29, 0.717) is 0 Å². The van der Waals surface area contributed by atoms with Crippen LogP contribution in [0.25, 0.3) is 0 Å². The van der Waals surface area contributed by atoms with E-state index in [2.05, 4.69) is 45.0 Å². The van der Waals surface area contributed by atoms with Gasteiger partial charge in [-0.3, -0.25) is 0 Å². The molecule has 0 radical (unpaired) electrons. The summed E-state index contributed by atoms with van der Waals surface area (Å²) in [6.45, 7) is 6.94. The van der Waals surface area contributed by atoms with E-state index in [1.807, 2.05) is 0 Å². The maximum Gasteiger partial charge on any atom is -0.0276 e. The summed E-state index contributed by atoms with van der Waals surface area (Å²) in [5.41, 5.74) is 3.20. The zero-order valence-corrected chi connectivity index (χ0v) is 15.4. The van der Waals surface area contributed by atoms with Crippen molar-refractivity contribution in [2.75, 3.05) is 0 Å². The van der Waals surface area contributed by atoms with E-state index in [-0.39, 0.29) is 0 Å². The molecule has 0 aromatic heterocycles. The van der Waals surface area contributed by atoms with Crippen molar-refractivity contribution in [3.63, 3.8) is 0 Å². The molecule has 1 aromatic carbocycles. The van der Waals surface area contributed by atoms with Gasteiger partial charge in [-0.15, -0.1) is 0 Å². The Morgan fingerprint density at radius 1 is 0.682 bits per heavy atom. The molecule has 0 N–H and O–H groups in total. The van der Waals surface area contributed by atoms with Crippen molar-refractivity contribution >= 4 is 0 Å². The lowest BCUT2D eigenvalue weighted by molar-refractivity contribution is 0.509. The van der Waals surface area contributed by atoms with Gasteiger partial charge in [0, 0.05) is 0 Å². The molecule has 0 heterocycles. The maximum absolute atomic E-state index is 2.34. The summed E-state index contributed by atoms with van der Waals surface area (Å²) in [7, 11) is 0. The molecule has 0 spiro atoms. The van der Waals surface area contributed by atoms with Crippen LogP contribution in [0.1, 0.15) is 96.1 Å². The highest BCUT2D eigenvalue weighted by atomic mass is 14.1. The fraction of sp³-hybridized carbons (Fsp3) is 0.727. The van der Waals surface area contributed by atoms with Gasteiger partial charge in [-0.05, 0) is 42.7 Å². The summed E-state index contributed by atoms with van der Waals surface area (Å²) in [5, 5.41) is 0. The predicted molar refractivity (Wildman–Crippen MR) is 101 cm³/mol. The molecule has 0 saturated carbocycles. The van der Waals surface area contributed by atoms with Crippen molar-refractivity contribution in [1.82, 2.24) is 0 Å². The van der Waals surface area contributed by atoms with Crippen molar-refractivity contribution in [3.05, 3.63) is 35.4 Å². The topological polar surface area (TPSA) is 0 Å². The van der Waals surface area contributed by atoms with Gasteiger partial charge in [0.05, 0.1) is 0 Å². The van der Waals surface area contributed by atoms with E-state index in [9.17, 15) is 0 Å². The highest BCUT2D eigenvalue weighted by Crippen LogP contribution is 2.17. The van der Waals surface area contributed by atoms with Gasteiger partial charge in [0.2, 0.25) is 0 Å². The number of hydrogen-bond acceptors (Lipinski definition) is 0. The van der Waals surface area contributed by atoms with Crippen LogP contribution < -0.4 is 0 Å². The highest BCUT2D eigenvalue weighted by molar-refractivity contribution is 5.27. The Morgan fingerprint density at radius 3 is 1.73 bits per heavy atom. The Kier molecular flexibility index (Phi) is 11.2. The molecule has 0 unspecified atom stereocenters. The third-order valence-electron chi connectivity index (χ3n) is 4.65. The van der Waals surface area contributed by atoms with Gasteiger partial charge in [0.1, 0.15) is 0 Å². The second-order valence-corrected chi connectivity index (χ2v) is 7.28. The zero-order valence-electron chi connectivity index (χ0n) is 15.4. The van der Waals surface area contributed by atoms with Crippen molar-refractivity contribution in [2.45, 2.75) is 97.8 Å². The molecular formula is C22H38. The lowest BCUT2D eigenvalue weighted by Gasteiger charge is -2.09. The van der Waals surface area contributed by atoms with E-state index in [0.717, 1.165) is 5.92 Å². The van der Waals surface area contributed by atoms with Crippen molar-refractivity contribution in [2.24, 2.45) is 5.92 Å². The molecule has 1 aromatic rings. The Balaban J connectivity index is 2.07. The summed E-state index contributed by atoms with van der Waals surface area (Å²) >= 11 is 0. The van der Waals surface area contributed by atoms with E-state index in [1.54, 1.807) is 11.1 Å². The highest BCUT2D eigenvalue weighted by Gasteiger charge is 2.01. The largest absolute Gasteiger partial charge is 0.0654 e. The molecule has 0 heteroatoms.